The summed E-state index contributed by atoms with van der Waals surface area (Å²) in [6.45, 7) is 0. The molecule has 21 heavy (non-hydrogen) atoms. The zero-order valence-corrected chi connectivity index (χ0v) is 13.5. The molecule has 0 aliphatic rings. The number of carbonyl (C=O) groups is 1. The first-order valence-corrected chi connectivity index (χ1v) is 8.71. The summed E-state index contributed by atoms with van der Waals surface area (Å²) in [4.78, 5) is 11.0. The molecule has 1 atom stereocenters. The van der Waals surface area contributed by atoms with Crippen LogP contribution in [-0.4, -0.2) is 21.0 Å². The molecule has 0 aliphatic carbocycles. The van der Waals surface area contributed by atoms with Crippen molar-refractivity contribution in [2.45, 2.75) is 10.8 Å². The first kappa shape index (κ1) is 15.9. The molecule has 0 aliphatic heterocycles. The summed E-state index contributed by atoms with van der Waals surface area (Å²) in [6.07, 6.45) is 1.65. The first-order valence-electron chi connectivity index (χ1n) is 6.03. The summed E-state index contributed by atoms with van der Waals surface area (Å²) in [7, 11) is -3.62. The maximum Gasteiger partial charge on any atom is 0.178 e. The Kier molecular flexibility index (Phi) is 4.58. The number of carbonyl (C=O) groups excluding carboxylic acids is 1. The fourth-order valence-electron chi connectivity index (χ4n) is 2.03. The standard InChI is InChI=1S/C15H12BrFO3S/c1-21(19,20)15-7-4-11(8-14(15)17)13(9-18)10-2-5-12(16)6-3-10/h2-9,13H,1H3. The number of hydrogen-bond acceptors (Lipinski definition) is 3. The Bertz CT molecular complexity index is 770. The van der Waals surface area contributed by atoms with E-state index in [0.717, 1.165) is 16.8 Å². The van der Waals surface area contributed by atoms with E-state index in [1.165, 1.54) is 12.1 Å². The molecule has 0 spiro atoms. The Morgan fingerprint density at radius 2 is 1.67 bits per heavy atom. The van der Waals surface area contributed by atoms with Crippen LogP contribution in [0.3, 0.4) is 0 Å². The number of rotatable bonds is 4. The third-order valence-corrected chi connectivity index (χ3v) is 4.74. The highest BCUT2D eigenvalue weighted by molar-refractivity contribution is 9.10. The average molecular weight is 371 g/mol. The number of sulfone groups is 1. The van der Waals surface area contributed by atoms with Crippen LogP contribution in [0.5, 0.6) is 0 Å². The monoisotopic (exact) mass is 370 g/mol. The maximum absolute atomic E-state index is 13.9. The lowest BCUT2D eigenvalue weighted by Gasteiger charge is -2.12. The predicted molar refractivity (Wildman–Crippen MR) is 81.6 cm³/mol. The zero-order valence-electron chi connectivity index (χ0n) is 11.1. The number of aldehydes is 1. The lowest BCUT2D eigenvalue weighted by molar-refractivity contribution is -0.108. The van der Waals surface area contributed by atoms with Gasteiger partial charge in [-0.2, -0.15) is 0 Å². The van der Waals surface area contributed by atoms with Crippen LogP contribution in [0.15, 0.2) is 51.8 Å². The van der Waals surface area contributed by atoms with Crippen LogP contribution in [0.25, 0.3) is 0 Å². The second-order valence-electron chi connectivity index (χ2n) is 4.63. The zero-order chi connectivity index (χ0) is 15.6. The third-order valence-electron chi connectivity index (χ3n) is 3.08. The van der Waals surface area contributed by atoms with E-state index >= 15 is 0 Å². The van der Waals surface area contributed by atoms with Gasteiger partial charge in [0.05, 0.1) is 5.92 Å². The molecular weight excluding hydrogens is 359 g/mol. The summed E-state index contributed by atoms with van der Waals surface area (Å²) in [5.74, 6) is -1.49. The van der Waals surface area contributed by atoms with Gasteiger partial charge in [-0.3, -0.25) is 0 Å². The summed E-state index contributed by atoms with van der Waals surface area (Å²) < 4.78 is 37.6. The van der Waals surface area contributed by atoms with E-state index in [-0.39, 0.29) is 4.90 Å². The highest BCUT2D eigenvalue weighted by atomic mass is 79.9. The fourth-order valence-corrected chi connectivity index (χ4v) is 3.02. The molecule has 2 rings (SSSR count). The van der Waals surface area contributed by atoms with Gasteiger partial charge in [-0.15, -0.1) is 0 Å². The smallest absolute Gasteiger partial charge is 0.178 e. The van der Waals surface area contributed by atoms with Gasteiger partial charge in [0.15, 0.2) is 9.84 Å². The maximum atomic E-state index is 13.9. The Hall–Kier alpha value is -1.53. The van der Waals surface area contributed by atoms with Crippen molar-refractivity contribution in [1.82, 2.24) is 0 Å². The average Bonchev–Trinajstić information content (AvgIpc) is 2.40. The van der Waals surface area contributed by atoms with Gasteiger partial charge in [-0.1, -0.05) is 34.1 Å². The molecule has 6 heteroatoms. The minimum absolute atomic E-state index is 0.369. The molecule has 0 bridgehead atoms. The SMILES string of the molecule is CS(=O)(=O)c1ccc(C(C=O)c2ccc(Br)cc2)cc1F. The van der Waals surface area contributed by atoms with Crippen molar-refractivity contribution in [1.29, 1.82) is 0 Å². The van der Waals surface area contributed by atoms with Gasteiger partial charge >= 0.3 is 0 Å². The second-order valence-corrected chi connectivity index (χ2v) is 7.53. The molecule has 0 aromatic heterocycles. The Balaban J connectivity index is 2.47. The van der Waals surface area contributed by atoms with Gasteiger partial charge in [0.1, 0.15) is 17.0 Å². The van der Waals surface area contributed by atoms with Crippen molar-refractivity contribution >= 4 is 32.1 Å². The van der Waals surface area contributed by atoms with Crippen LogP contribution in [0, 0.1) is 5.82 Å². The van der Waals surface area contributed by atoms with Crippen LogP contribution in [0.1, 0.15) is 17.0 Å². The summed E-state index contributed by atoms with van der Waals surface area (Å²) in [5.41, 5.74) is 1.12. The van der Waals surface area contributed by atoms with Crippen LogP contribution in [0.2, 0.25) is 0 Å². The van der Waals surface area contributed by atoms with Crippen LogP contribution >= 0.6 is 15.9 Å². The van der Waals surface area contributed by atoms with Crippen molar-refractivity contribution in [2.75, 3.05) is 6.26 Å². The minimum atomic E-state index is -3.62. The molecule has 2 aromatic rings. The molecule has 0 fully saturated rings. The summed E-state index contributed by atoms with van der Waals surface area (Å²) in [5, 5.41) is 0. The van der Waals surface area contributed by atoms with E-state index in [4.69, 9.17) is 0 Å². The predicted octanol–water partition coefficient (Wildman–Crippen LogP) is 3.32. The molecule has 0 heterocycles. The summed E-state index contributed by atoms with van der Waals surface area (Å²) in [6, 6.07) is 10.8. The van der Waals surface area contributed by atoms with Crippen LogP contribution in [0.4, 0.5) is 4.39 Å². The molecule has 0 radical (unpaired) electrons. The lowest BCUT2D eigenvalue weighted by Crippen LogP contribution is -2.06. The molecular formula is C15H12BrFO3S. The largest absolute Gasteiger partial charge is 0.302 e. The second kappa shape index (κ2) is 6.07. The van der Waals surface area contributed by atoms with Crippen molar-refractivity contribution in [3.8, 4) is 0 Å². The highest BCUT2D eigenvalue weighted by Crippen LogP contribution is 2.26. The van der Waals surface area contributed by atoms with Crippen LogP contribution in [-0.2, 0) is 14.6 Å². The fraction of sp³-hybridized carbons (Fsp3) is 0.133. The normalized spacial score (nSPS) is 12.9. The number of hydrogen-bond donors (Lipinski definition) is 0. The topological polar surface area (TPSA) is 51.2 Å². The van der Waals surface area contributed by atoms with E-state index < -0.39 is 21.6 Å². The molecule has 110 valence electrons. The van der Waals surface area contributed by atoms with E-state index in [9.17, 15) is 17.6 Å². The van der Waals surface area contributed by atoms with E-state index in [2.05, 4.69) is 15.9 Å². The molecule has 3 nitrogen and oxygen atoms in total. The molecule has 0 amide bonds. The lowest BCUT2D eigenvalue weighted by atomic mass is 9.93. The van der Waals surface area contributed by atoms with Gasteiger partial charge in [-0.25, -0.2) is 12.8 Å². The van der Waals surface area contributed by atoms with Gasteiger partial charge in [0.2, 0.25) is 0 Å². The number of halogens is 2. The van der Waals surface area contributed by atoms with Crippen LogP contribution < -0.4 is 0 Å². The minimum Gasteiger partial charge on any atom is -0.302 e. The van der Waals surface area contributed by atoms with Gasteiger partial charge in [0, 0.05) is 10.7 Å². The Morgan fingerprint density at radius 3 is 2.14 bits per heavy atom. The van der Waals surface area contributed by atoms with E-state index in [1.807, 2.05) is 0 Å². The Morgan fingerprint density at radius 1 is 1.10 bits per heavy atom. The van der Waals surface area contributed by atoms with Crippen molar-refractivity contribution in [3.05, 3.63) is 63.9 Å². The van der Waals surface area contributed by atoms with Crippen molar-refractivity contribution < 1.29 is 17.6 Å². The quantitative estimate of drug-likeness (QED) is 0.775. The third kappa shape index (κ3) is 3.57. The van der Waals surface area contributed by atoms with Crippen molar-refractivity contribution in [3.63, 3.8) is 0 Å². The molecule has 0 N–H and O–H groups in total. The van der Waals surface area contributed by atoms with Gasteiger partial charge < -0.3 is 4.79 Å². The first-order chi connectivity index (χ1) is 9.82. The summed E-state index contributed by atoms with van der Waals surface area (Å²) >= 11 is 3.30. The van der Waals surface area contributed by atoms with E-state index in [1.54, 1.807) is 24.3 Å². The molecule has 0 saturated heterocycles. The van der Waals surface area contributed by atoms with Crippen molar-refractivity contribution in [2.24, 2.45) is 0 Å². The van der Waals surface area contributed by atoms with Gasteiger partial charge in [-0.05, 0) is 35.4 Å². The number of benzene rings is 2. The van der Waals surface area contributed by atoms with E-state index in [0.29, 0.717) is 17.4 Å². The van der Waals surface area contributed by atoms with Gasteiger partial charge in [0.25, 0.3) is 0 Å². The molecule has 2 aromatic carbocycles. The highest BCUT2D eigenvalue weighted by Gasteiger charge is 2.18. The molecule has 0 saturated carbocycles. The Labute approximate surface area is 130 Å². The molecule has 1 unspecified atom stereocenters.